The average Bonchev–Trinajstić information content (AvgIpc) is 2.63. The van der Waals surface area contributed by atoms with Gasteiger partial charge in [0.1, 0.15) is 5.75 Å². The van der Waals surface area contributed by atoms with E-state index in [0.717, 1.165) is 11.1 Å². The van der Waals surface area contributed by atoms with Gasteiger partial charge in [-0.05, 0) is 43.2 Å². The molecule has 0 radical (unpaired) electrons. The van der Waals surface area contributed by atoms with E-state index in [4.69, 9.17) is 9.47 Å². The SMILES string of the molecule is COCCNC(=O)c1ccccc1NC(=O)COc1cc(C)ccc1C. The molecule has 2 amide bonds. The summed E-state index contributed by atoms with van der Waals surface area (Å²) >= 11 is 0. The van der Waals surface area contributed by atoms with E-state index in [0.29, 0.717) is 30.2 Å². The number of carbonyl (C=O) groups excluding carboxylic acids is 2. The Bertz CT molecular complexity index is 774. The summed E-state index contributed by atoms with van der Waals surface area (Å²) in [5.41, 5.74) is 2.85. The maximum Gasteiger partial charge on any atom is 0.262 e. The molecule has 0 saturated carbocycles. The molecule has 26 heavy (non-hydrogen) atoms. The van der Waals surface area contributed by atoms with Gasteiger partial charge in [-0.3, -0.25) is 9.59 Å². The third-order valence-corrected chi connectivity index (χ3v) is 3.74. The summed E-state index contributed by atoms with van der Waals surface area (Å²) in [4.78, 5) is 24.5. The van der Waals surface area contributed by atoms with Crippen LogP contribution in [0.1, 0.15) is 21.5 Å². The van der Waals surface area contributed by atoms with E-state index in [-0.39, 0.29) is 18.4 Å². The van der Waals surface area contributed by atoms with E-state index in [1.807, 2.05) is 32.0 Å². The van der Waals surface area contributed by atoms with Crippen LogP contribution in [0, 0.1) is 13.8 Å². The van der Waals surface area contributed by atoms with Crippen molar-refractivity contribution in [2.24, 2.45) is 0 Å². The number of hydrogen-bond donors (Lipinski definition) is 2. The summed E-state index contributed by atoms with van der Waals surface area (Å²) in [7, 11) is 1.57. The second-order valence-electron chi connectivity index (χ2n) is 5.90. The van der Waals surface area contributed by atoms with Crippen molar-refractivity contribution < 1.29 is 19.1 Å². The van der Waals surface area contributed by atoms with Crippen LogP contribution in [0.3, 0.4) is 0 Å². The van der Waals surface area contributed by atoms with Gasteiger partial charge in [0.25, 0.3) is 11.8 Å². The second-order valence-corrected chi connectivity index (χ2v) is 5.90. The van der Waals surface area contributed by atoms with Gasteiger partial charge in [0, 0.05) is 13.7 Å². The molecule has 2 aromatic rings. The van der Waals surface area contributed by atoms with Gasteiger partial charge in [-0.25, -0.2) is 0 Å². The van der Waals surface area contributed by atoms with Crippen LogP contribution >= 0.6 is 0 Å². The maximum absolute atomic E-state index is 12.2. The molecule has 0 atom stereocenters. The lowest BCUT2D eigenvalue weighted by Gasteiger charge is -2.13. The Hall–Kier alpha value is -2.86. The Labute approximate surface area is 153 Å². The molecular weight excluding hydrogens is 332 g/mol. The Kier molecular flexibility index (Phi) is 7.17. The van der Waals surface area contributed by atoms with E-state index >= 15 is 0 Å². The number of methoxy groups -OCH3 is 1. The summed E-state index contributed by atoms with van der Waals surface area (Å²) in [5.74, 6) is 0.0715. The predicted octanol–water partition coefficient (Wildman–Crippen LogP) is 2.70. The van der Waals surface area contributed by atoms with Crippen LogP contribution in [0.4, 0.5) is 5.69 Å². The van der Waals surface area contributed by atoms with Gasteiger partial charge in [0.05, 0.1) is 17.9 Å². The zero-order chi connectivity index (χ0) is 18.9. The fourth-order valence-corrected chi connectivity index (χ4v) is 2.34. The molecule has 0 saturated heterocycles. The number of ether oxygens (including phenoxy) is 2. The van der Waals surface area contributed by atoms with E-state index in [1.54, 1.807) is 31.4 Å². The van der Waals surface area contributed by atoms with Crippen LogP contribution in [0.2, 0.25) is 0 Å². The van der Waals surface area contributed by atoms with Gasteiger partial charge in [0.15, 0.2) is 6.61 Å². The fraction of sp³-hybridized carbons (Fsp3) is 0.300. The van der Waals surface area contributed by atoms with Gasteiger partial charge in [0.2, 0.25) is 0 Å². The minimum atomic E-state index is -0.331. The first-order chi connectivity index (χ1) is 12.5. The van der Waals surface area contributed by atoms with Crippen molar-refractivity contribution in [2.75, 3.05) is 32.2 Å². The quantitative estimate of drug-likeness (QED) is 0.713. The fourth-order valence-electron chi connectivity index (χ4n) is 2.34. The maximum atomic E-state index is 12.2. The van der Waals surface area contributed by atoms with Crippen LogP contribution < -0.4 is 15.4 Å². The molecular formula is C20H24N2O4. The number of hydrogen-bond acceptors (Lipinski definition) is 4. The molecule has 0 bridgehead atoms. The molecule has 0 heterocycles. The highest BCUT2D eigenvalue weighted by Gasteiger charge is 2.13. The van der Waals surface area contributed by atoms with Crippen molar-refractivity contribution in [1.29, 1.82) is 0 Å². The van der Waals surface area contributed by atoms with Gasteiger partial charge >= 0.3 is 0 Å². The number of anilines is 1. The van der Waals surface area contributed by atoms with Crippen LogP contribution in [-0.4, -0.2) is 38.7 Å². The van der Waals surface area contributed by atoms with Crippen LogP contribution in [-0.2, 0) is 9.53 Å². The standard InChI is InChI=1S/C20H24N2O4/c1-14-8-9-15(2)18(12-14)26-13-19(23)22-17-7-5-4-6-16(17)20(24)21-10-11-25-3/h4-9,12H,10-11,13H2,1-3H3,(H,21,24)(H,22,23). The molecule has 6 nitrogen and oxygen atoms in total. The lowest BCUT2D eigenvalue weighted by molar-refractivity contribution is -0.118. The molecule has 6 heteroatoms. The highest BCUT2D eigenvalue weighted by atomic mass is 16.5. The summed E-state index contributed by atoms with van der Waals surface area (Å²) in [5, 5.41) is 5.47. The first kappa shape index (κ1) is 19.5. The number of nitrogens with one attached hydrogen (secondary N) is 2. The first-order valence-corrected chi connectivity index (χ1v) is 8.37. The van der Waals surface area contributed by atoms with Crippen molar-refractivity contribution in [3.05, 3.63) is 59.2 Å². The molecule has 0 unspecified atom stereocenters. The highest BCUT2D eigenvalue weighted by Crippen LogP contribution is 2.19. The third kappa shape index (κ3) is 5.60. The van der Waals surface area contributed by atoms with E-state index < -0.39 is 0 Å². The van der Waals surface area contributed by atoms with E-state index in [2.05, 4.69) is 10.6 Å². The van der Waals surface area contributed by atoms with Crippen LogP contribution in [0.25, 0.3) is 0 Å². The van der Waals surface area contributed by atoms with Gasteiger partial charge in [-0.2, -0.15) is 0 Å². The minimum Gasteiger partial charge on any atom is -0.483 e. The number of para-hydroxylation sites is 1. The Balaban J connectivity index is 1.98. The summed E-state index contributed by atoms with van der Waals surface area (Å²) < 4.78 is 10.5. The first-order valence-electron chi connectivity index (χ1n) is 8.37. The summed E-state index contributed by atoms with van der Waals surface area (Å²) in [6.45, 7) is 4.57. The number of benzene rings is 2. The molecule has 2 aromatic carbocycles. The predicted molar refractivity (Wildman–Crippen MR) is 101 cm³/mol. The van der Waals surface area contributed by atoms with Crippen molar-refractivity contribution in [3.8, 4) is 5.75 Å². The third-order valence-electron chi connectivity index (χ3n) is 3.74. The minimum absolute atomic E-state index is 0.135. The van der Waals surface area contributed by atoms with Crippen LogP contribution in [0.5, 0.6) is 5.75 Å². The van der Waals surface area contributed by atoms with Crippen molar-refractivity contribution in [2.45, 2.75) is 13.8 Å². The normalized spacial score (nSPS) is 10.3. The number of aryl methyl sites for hydroxylation is 2. The average molecular weight is 356 g/mol. The topological polar surface area (TPSA) is 76.7 Å². The lowest BCUT2D eigenvalue weighted by atomic mass is 10.1. The molecule has 2 rings (SSSR count). The Morgan fingerprint density at radius 2 is 1.85 bits per heavy atom. The molecule has 0 spiro atoms. The monoisotopic (exact) mass is 356 g/mol. The zero-order valence-corrected chi connectivity index (χ0v) is 15.3. The summed E-state index contributed by atoms with van der Waals surface area (Å²) in [6, 6.07) is 12.7. The molecule has 2 N–H and O–H groups in total. The molecule has 138 valence electrons. The zero-order valence-electron chi connectivity index (χ0n) is 15.3. The second kappa shape index (κ2) is 9.58. The molecule has 0 fully saturated rings. The van der Waals surface area contributed by atoms with E-state index in [1.165, 1.54) is 0 Å². The molecule has 0 aliphatic carbocycles. The molecule has 0 aliphatic rings. The van der Waals surface area contributed by atoms with Gasteiger partial charge < -0.3 is 20.1 Å². The van der Waals surface area contributed by atoms with Crippen molar-refractivity contribution >= 4 is 17.5 Å². The van der Waals surface area contributed by atoms with Crippen molar-refractivity contribution in [3.63, 3.8) is 0 Å². The molecule has 0 aromatic heterocycles. The van der Waals surface area contributed by atoms with Crippen LogP contribution in [0.15, 0.2) is 42.5 Å². The van der Waals surface area contributed by atoms with Gasteiger partial charge in [-0.1, -0.05) is 24.3 Å². The molecule has 0 aliphatic heterocycles. The number of carbonyl (C=O) groups is 2. The van der Waals surface area contributed by atoms with Gasteiger partial charge in [-0.15, -0.1) is 0 Å². The van der Waals surface area contributed by atoms with E-state index in [9.17, 15) is 9.59 Å². The lowest BCUT2D eigenvalue weighted by Crippen LogP contribution is -2.29. The smallest absolute Gasteiger partial charge is 0.262 e. The number of rotatable bonds is 8. The Morgan fingerprint density at radius 1 is 1.08 bits per heavy atom. The largest absolute Gasteiger partial charge is 0.483 e. The Morgan fingerprint density at radius 3 is 2.62 bits per heavy atom. The number of amides is 2. The van der Waals surface area contributed by atoms with Crippen molar-refractivity contribution in [1.82, 2.24) is 5.32 Å². The summed E-state index contributed by atoms with van der Waals surface area (Å²) in [6.07, 6.45) is 0. The highest BCUT2D eigenvalue weighted by molar-refractivity contribution is 6.04.